The molecule has 1 aromatic carbocycles. The van der Waals surface area contributed by atoms with Crippen LogP contribution in [0.1, 0.15) is 26.9 Å². The van der Waals surface area contributed by atoms with Crippen molar-refractivity contribution in [2.75, 3.05) is 12.3 Å². The number of carbonyl (C=O) groups is 1. The number of carbonyl (C=O) groups excluding carboxylic acids is 1. The van der Waals surface area contributed by atoms with E-state index < -0.39 is 0 Å². The van der Waals surface area contributed by atoms with Crippen LogP contribution in [0.4, 0.5) is 0 Å². The van der Waals surface area contributed by atoms with Gasteiger partial charge in [-0.15, -0.1) is 34.4 Å². The van der Waals surface area contributed by atoms with Gasteiger partial charge >= 0.3 is 0 Å². The average molecular weight is 386 g/mol. The van der Waals surface area contributed by atoms with E-state index in [9.17, 15) is 4.79 Å². The third-order valence-electron chi connectivity index (χ3n) is 4.48. The topological polar surface area (TPSA) is 20.3 Å². The van der Waals surface area contributed by atoms with Gasteiger partial charge in [0.1, 0.15) is 0 Å². The van der Waals surface area contributed by atoms with E-state index in [0.29, 0.717) is 5.75 Å². The Bertz CT molecular complexity index is 851. The summed E-state index contributed by atoms with van der Waals surface area (Å²) in [4.78, 5) is 18.9. The van der Waals surface area contributed by atoms with Crippen LogP contribution < -0.4 is 0 Å². The Morgan fingerprint density at radius 1 is 1.16 bits per heavy atom. The molecule has 25 heavy (non-hydrogen) atoms. The molecular formula is C20H19NOS3. The zero-order valence-corrected chi connectivity index (χ0v) is 16.4. The van der Waals surface area contributed by atoms with Crippen LogP contribution in [-0.4, -0.2) is 23.1 Å². The van der Waals surface area contributed by atoms with Crippen molar-refractivity contribution in [1.29, 1.82) is 0 Å². The van der Waals surface area contributed by atoms with E-state index in [-0.39, 0.29) is 11.9 Å². The zero-order chi connectivity index (χ0) is 17.2. The van der Waals surface area contributed by atoms with Gasteiger partial charge in [-0.3, -0.25) is 4.79 Å². The summed E-state index contributed by atoms with van der Waals surface area (Å²) in [6.07, 6.45) is 0.968. The summed E-state index contributed by atoms with van der Waals surface area (Å²) >= 11 is 5.18. The fourth-order valence-electron chi connectivity index (χ4n) is 3.20. The van der Waals surface area contributed by atoms with E-state index in [1.807, 2.05) is 11.3 Å². The third kappa shape index (κ3) is 3.54. The molecule has 128 valence electrons. The number of thiophene rings is 2. The quantitative estimate of drug-likeness (QED) is 0.562. The standard InChI is InChI=1S/C20H19NOS3/c1-14-4-6-15(7-5-14)25-13-19(22)21-10-8-17-16(9-12-24-17)20(21)18-3-2-11-23-18/h2-7,9,11-12,20H,8,10,13H2,1H3/t20-/m0/s1. The molecular weight excluding hydrogens is 366 g/mol. The number of hydrogen-bond donors (Lipinski definition) is 0. The van der Waals surface area contributed by atoms with Crippen LogP contribution in [-0.2, 0) is 11.2 Å². The number of benzene rings is 1. The summed E-state index contributed by atoms with van der Waals surface area (Å²) < 4.78 is 0. The molecule has 5 heteroatoms. The number of nitrogens with zero attached hydrogens (tertiary/aromatic N) is 1. The first-order valence-corrected chi connectivity index (χ1v) is 11.1. The zero-order valence-electron chi connectivity index (χ0n) is 14.0. The number of aryl methyl sites for hydroxylation is 1. The molecule has 0 bridgehead atoms. The number of hydrogen-bond acceptors (Lipinski definition) is 4. The summed E-state index contributed by atoms with van der Waals surface area (Å²) in [5, 5.41) is 4.25. The van der Waals surface area contributed by atoms with E-state index in [2.05, 4.69) is 65.0 Å². The first-order valence-electron chi connectivity index (χ1n) is 8.31. The van der Waals surface area contributed by atoms with E-state index in [4.69, 9.17) is 0 Å². The highest BCUT2D eigenvalue weighted by Crippen LogP contribution is 2.39. The van der Waals surface area contributed by atoms with Gasteiger partial charge in [0, 0.05) is 21.2 Å². The SMILES string of the molecule is Cc1ccc(SCC(=O)N2CCc3sccc3[C@H]2c2cccs2)cc1. The largest absolute Gasteiger partial charge is 0.330 e. The Balaban J connectivity index is 1.53. The molecule has 0 aliphatic carbocycles. The van der Waals surface area contributed by atoms with Gasteiger partial charge < -0.3 is 4.90 Å². The first kappa shape index (κ1) is 16.9. The summed E-state index contributed by atoms with van der Waals surface area (Å²) in [5.74, 6) is 0.713. The molecule has 0 saturated carbocycles. The molecule has 0 radical (unpaired) electrons. The van der Waals surface area contributed by atoms with Crippen molar-refractivity contribution in [3.63, 3.8) is 0 Å². The fourth-order valence-corrected chi connectivity index (χ4v) is 5.74. The second-order valence-electron chi connectivity index (χ2n) is 6.16. The fraction of sp³-hybridized carbons (Fsp3) is 0.250. The van der Waals surface area contributed by atoms with Crippen LogP contribution in [0.3, 0.4) is 0 Å². The van der Waals surface area contributed by atoms with Crippen LogP contribution >= 0.6 is 34.4 Å². The average Bonchev–Trinajstić information content (AvgIpc) is 3.31. The molecule has 2 nitrogen and oxygen atoms in total. The molecule has 0 fully saturated rings. The summed E-state index contributed by atoms with van der Waals surface area (Å²) in [6, 6.07) is 14.9. The molecule has 4 rings (SSSR count). The van der Waals surface area contributed by atoms with Gasteiger partial charge in [0.2, 0.25) is 5.91 Å². The Morgan fingerprint density at radius 2 is 2.00 bits per heavy atom. The molecule has 0 saturated heterocycles. The molecule has 1 atom stereocenters. The van der Waals surface area contributed by atoms with E-state index >= 15 is 0 Å². The van der Waals surface area contributed by atoms with Crippen LogP contribution in [0.2, 0.25) is 0 Å². The van der Waals surface area contributed by atoms with Gasteiger partial charge in [-0.1, -0.05) is 23.8 Å². The van der Waals surface area contributed by atoms with Crippen LogP contribution in [0.5, 0.6) is 0 Å². The lowest BCUT2D eigenvalue weighted by molar-refractivity contribution is -0.130. The van der Waals surface area contributed by atoms with Crippen molar-refractivity contribution in [2.24, 2.45) is 0 Å². The van der Waals surface area contributed by atoms with Crippen molar-refractivity contribution in [2.45, 2.75) is 24.3 Å². The van der Waals surface area contributed by atoms with Crippen molar-refractivity contribution in [1.82, 2.24) is 4.90 Å². The van der Waals surface area contributed by atoms with Crippen molar-refractivity contribution >= 4 is 40.3 Å². The van der Waals surface area contributed by atoms with E-state index in [1.165, 1.54) is 20.9 Å². The Labute approximate surface area is 160 Å². The van der Waals surface area contributed by atoms with E-state index in [1.54, 1.807) is 23.1 Å². The minimum atomic E-state index is 0.0844. The molecule has 3 heterocycles. The Hall–Kier alpha value is -1.56. The number of thioether (sulfide) groups is 1. The summed E-state index contributed by atoms with van der Waals surface area (Å²) in [7, 11) is 0. The molecule has 0 unspecified atom stereocenters. The van der Waals surface area contributed by atoms with Gasteiger partial charge in [0.15, 0.2) is 0 Å². The predicted molar refractivity (Wildman–Crippen MR) is 108 cm³/mol. The molecule has 2 aromatic heterocycles. The van der Waals surface area contributed by atoms with Crippen molar-refractivity contribution in [3.05, 3.63) is 74.1 Å². The lowest BCUT2D eigenvalue weighted by Gasteiger charge is -2.35. The minimum Gasteiger partial charge on any atom is -0.330 e. The van der Waals surface area contributed by atoms with Gasteiger partial charge in [0.25, 0.3) is 0 Å². The van der Waals surface area contributed by atoms with Crippen LogP contribution in [0, 0.1) is 6.92 Å². The maximum atomic E-state index is 13.0. The molecule has 1 aliphatic rings. The molecule has 1 amide bonds. The Morgan fingerprint density at radius 3 is 2.76 bits per heavy atom. The number of amides is 1. The monoisotopic (exact) mass is 385 g/mol. The van der Waals surface area contributed by atoms with Crippen molar-refractivity contribution in [3.8, 4) is 0 Å². The van der Waals surface area contributed by atoms with Crippen molar-refractivity contribution < 1.29 is 4.79 Å². The minimum absolute atomic E-state index is 0.0844. The first-order chi connectivity index (χ1) is 12.2. The lowest BCUT2D eigenvalue weighted by Crippen LogP contribution is -2.40. The highest BCUT2D eigenvalue weighted by molar-refractivity contribution is 8.00. The second kappa shape index (κ2) is 7.36. The lowest BCUT2D eigenvalue weighted by atomic mass is 9.98. The maximum Gasteiger partial charge on any atom is 0.233 e. The highest BCUT2D eigenvalue weighted by Gasteiger charge is 2.33. The number of fused-ring (bicyclic) bond motifs is 1. The van der Waals surface area contributed by atoms with E-state index in [0.717, 1.165) is 17.9 Å². The molecule has 0 N–H and O–H groups in total. The summed E-state index contributed by atoms with van der Waals surface area (Å²) in [5.41, 5.74) is 2.56. The smallest absolute Gasteiger partial charge is 0.233 e. The normalized spacial score (nSPS) is 16.7. The van der Waals surface area contributed by atoms with Gasteiger partial charge in [-0.25, -0.2) is 0 Å². The van der Waals surface area contributed by atoms with Crippen LogP contribution in [0.15, 0.2) is 58.1 Å². The third-order valence-corrected chi connectivity index (χ3v) is 7.40. The summed E-state index contributed by atoms with van der Waals surface area (Å²) in [6.45, 7) is 2.89. The second-order valence-corrected chi connectivity index (χ2v) is 9.18. The molecule has 0 spiro atoms. The van der Waals surface area contributed by atoms with Crippen LogP contribution in [0.25, 0.3) is 0 Å². The van der Waals surface area contributed by atoms with Gasteiger partial charge in [0.05, 0.1) is 11.8 Å². The Kier molecular flexibility index (Phi) is 4.97. The van der Waals surface area contributed by atoms with Gasteiger partial charge in [-0.05, 0) is 53.9 Å². The number of rotatable bonds is 4. The predicted octanol–water partition coefficient (Wildman–Crippen LogP) is 5.38. The highest BCUT2D eigenvalue weighted by atomic mass is 32.2. The molecule has 3 aromatic rings. The van der Waals surface area contributed by atoms with Gasteiger partial charge in [-0.2, -0.15) is 0 Å². The molecule has 1 aliphatic heterocycles. The maximum absolute atomic E-state index is 13.0.